The second-order valence-electron chi connectivity index (χ2n) is 5.35. The molecule has 1 aliphatic carbocycles. The quantitative estimate of drug-likeness (QED) is 0.641. The van der Waals surface area contributed by atoms with Gasteiger partial charge >= 0.3 is 0 Å². The summed E-state index contributed by atoms with van der Waals surface area (Å²) >= 11 is 3.57. The first-order valence-corrected chi connectivity index (χ1v) is 7.45. The summed E-state index contributed by atoms with van der Waals surface area (Å²) in [5.74, 6) is 0.488. The van der Waals surface area contributed by atoms with Gasteiger partial charge in [0.25, 0.3) is 0 Å². The highest BCUT2D eigenvalue weighted by Gasteiger charge is 2.22. The number of aryl methyl sites for hydroxylation is 1. The molecule has 0 heterocycles. The van der Waals surface area contributed by atoms with E-state index < -0.39 is 0 Å². The fourth-order valence-electron chi connectivity index (χ4n) is 2.86. The van der Waals surface area contributed by atoms with Gasteiger partial charge < -0.3 is 0 Å². The molecule has 1 unspecified atom stereocenters. The Labute approximate surface area is 123 Å². The van der Waals surface area contributed by atoms with Crippen molar-refractivity contribution in [2.45, 2.75) is 26.7 Å². The number of benzene rings is 2. The smallest absolute Gasteiger partial charge is 0.0178 e. The predicted molar refractivity (Wildman–Crippen MR) is 85.6 cm³/mol. The molecular weight excluding hydrogens is 296 g/mol. The highest BCUT2D eigenvalue weighted by molar-refractivity contribution is 9.10. The Hall–Kier alpha value is -1.34. The van der Waals surface area contributed by atoms with Gasteiger partial charge in [0.05, 0.1) is 0 Å². The zero-order valence-corrected chi connectivity index (χ0v) is 13.1. The van der Waals surface area contributed by atoms with Crippen LogP contribution in [0.25, 0.3) is 5.57 Å². The van der Waals surface area contributed by atoms with Crippen LogP contribution in [0.15, 0.2) is 46.9 Å². The lowest BCUT2D eigenvalue weighted by Crippen LogP contribution is -1.92. The Balaban J connectivity index is 2.19. The van der Waals surface area contributed by atoms with E-state index in [1.165, 1.54) is 33.4 Å². The lowest BCUT2D eigenvalue weighted by Gasteiger charge is -2.11. The lowest BCUT2D eigenvalue weighted by atomic mass is 9.93. The summed E-state index contributed by atoms with van der Waals surface area (Å²) in [7, 11) is 0. The van der Waals surface area contributed by atoms with E-state index in [2.05, 4.69) is 79.2 Å². The van der Waals surface area contributed by atoms with Gasteiger partial charge in [0.15, 0.2) is 0 Å². The molecule has 0 radical (unpaired) electrons. The molecule has 2 aromatic carbocycles. The van der Waals surface area contributed by atoms with Gasteiger partial charge in [-0.05, 0) is 59.4 Å². The molecule has 0 saturated carbocycles. The Kier molecular flexibility index (Phi) is 3.10. The zero-order valence-electron chi connectivity index (χ0n) is 11.5. The molecule has 0 nitrogen and oxygen atoms in total. The van der Waals surface area contributed by atoms with Gasteiger partial charge in [-0.25, -0.2) is 0 Å². The predicted octanol–water partition coefficient (Wildman–Crippen LogP) is 5.61. The first-order valence-electron chi connectivity index (χ1n) is 6.66. The fourth-order valence-corrected chi connectivity index (χ4v) is 3.24. The van der Waals surface area contributed by atoms with E-state index in [-0.39, 0.29) is 0 Å². The molecule has 1 heteroatoms. The van der Waals surface area contributed by atoms with E-state index in [1.807, 2.05) is 0 Å². The average molecular weight is 313 g/mol. The Morgan fingerprint density at radius 1 is 1.00 bits per heavy atom. The molecule has 3 rings (SSSR count). The normalized spacial score (nSPS) is 17.3. The number of allylic oxidation sites excluding steroid dienone is 1. The van der Waals surface area contributed by atoms with Crippen LogP contribution in [0.4, 0.5) is 0 Å². The minimum atomic E-state index is 0.488. The van der Waals surface area contributed by atoms with Crippen LogP contribution in [0.1, 0.15) is 40.7 Å². The monoisotopic (exact) mass is 312 g/mol. The van der Waals surface area contributed by atoms with Crippen LogP contribution in [0.2, 0.25) is 0 Å². The molecule has 2 aromatic rings. The molecule has 0 fully saturated rings. The van der Waals surface area contributed by atoms with Crippen LogP contribution in [-0.2, 0) is 0 Å². The Bertz CT molecular complexity index is 680. The minimum Gasteiger partial charge on any atom is -0.0688 e. The summed E-state index contributed by atoms with van der Waals surface area (Å²) in [6, 6.07) is 13.2. The van der Waals surface area contributed by atoms with Crippen LogP contribution in [0.5, 0.6) is 0 Å². The van der Waals surface area contributed by atoms with Gasteiger partial charge in [-0.3, -0.25) is 0 Å². The summed E-state index contributed by atoms with van der Waals surface area (Å²) in [6.45, 7) is 6.66. The maximum atomic E-state index is 3.57. The summed E-state index contributed by atoms with van der Waals surface area (Å²) in [5, 5.41) is 0. The molecule has 0 N–H and O–H groups in total. The number of hydrogen-bond acceptors (Lipinski definition) is 0. The van der Waals surface area contributed by atoms with Crippen LogP contribution in [-0.4, -0.2) is 0 Å². The van der Waals surface area contributed by atoms with Crippen molar-refractivity contribution in [1.82, 2.24) is 0 Å². The van der Waals surface area contributed by atoms with Crippen molar-refractivity contribution >= 4 is 21.5 Å². The molecule has 96 valence electrons. The van der Waals surface area contributed by atoms with Gasteiger partial charge in [-0.2, -0.15) is 0 Å². The second kappa shape index (κ2) is 4.64. The number of fused-ring (bicyclic) bond motifs is 1. The maximum Gasteiger partial charge on any atom is 0.0178 e. The van der Waals surface area contributed by atoms with Crippen molar-refractivity contribution < 1.29 is 0 Å². The molecule has 0 spiro atoms. The number of halogens is 1. The largest absolute Gasteiger partial charge is 0.0688 e. The molecule has 0 aliphatic heterocycles. The summed E-state index contributed by atoms with van der Waals surface area (Å²) < 4.78 is 1.16. The summed E-state index contributed by atoms with van der Waals surface area (Å²) in [5.41, 5.74) is 8.30. The van der Waals surface area contributed by atoms with Gasteiger partial charge in [0.1, 0.15) is 0 Å². The van der Waals surface area contributed by atoms with E-state index >= 15 is 0 Å². The topological polar surface area (TPSA) is 0 Å². The third-order valence-electron chi connectivity index (χ3n) is 4.11. The molecule has 0 amide bonds. The van der Waals surface area contributed by atoms with Gasteiger partial charge in [0, 0.05) is 10.4 Å². The second-order valence-corrected chi connectivity index (χ2v) is 6.26. The van der Waals surface area contributed by atoms with Gasteiger partial charge in [0.2, 0.25) is 0 Å². The van der Waals surface area contributed by atoms with Crippen molar-refractivity contribution in [3.8, 4) is 0 Å². The van der Waals surface area contributed by atoms with E-state index in [1.54, 1.807) is 0 Å². The summed E-state index contributed by atoms with van der Waals surface area (Å²) in [6.07, 6.45) is 2.39. The van der Waals surface area contributed by atoms with Crippen molar-refractivity contribution in [3.05, 3.63) is 74.8 Å². The minimum absolute atomic E-state index is 0.488. The van der Waals surface area contributed by atoms with Crippen LogP contribution in [0, 0.1) is 13.8 Å². The number of hydrogen-bond donors (Lipinski definition) is 0. The molecule has 1 atom stereocenters. The fraction of sp³-hybridized carbons (Fsp3) is 0.222. The van der Waals surface area contributed by atoms with Crippen molar-refractivity contribution in [3.63, 3.8) is 0 Å². The molecular formula is C18H17Br. The Morgan fingerprint density at radius 3 is 2.58 bits per heavy atom. The molecule has 1 aliphatic rings. The van der Waals surface area contributed by atoms with E-state index in [0.29, 0.717) is 5.92 Å². The van der Waals surface area contributed by atoms with Gasteiger partial charge in [-0.15, -0.1) is 0 Å². The third kappa shape index (κ3) is 2.06. The van der Waals surface area contributed by atoms with Crippen molar-refractivity contribution in [1.29, 1.82) is 0 Å². The highest BCUT2D eigenvalue weighted by Crippen LogP contribution is 2.41. The zero-order chi connectivity index (χ0) is 13.6. The average Bonchev–Trinajstić information content (AvgIpc) is 2.70. The molecule has 0 bridgehead atoms. The van der Waals surface area contributed by atoms with E-state index in [0.717, 1.165) is 4.47 Å². The maximum absolute atomic E-state index is 3.57. The standard InChI is InChI=1S/C18H17Br/c1-11-5-4-6-15(13(11)3)18-9-12(2)17-10-14(19)7-8-16(17)18/h4-10,12H,1-3H3. The SMILES string of the molecule is Cc1cccc(C2=CC(C)c3cc(Br)ccc32)c1C. The lowest BCUT2D eigenvalue weighted by molar-refractivity contribution is 0.988. The third-order valence-corrected chi connectivity index (χ3v) is 4.60. The Morgan fingerprint density at radius 2 is 1.79 bits per heavy atom. The first-order chi connectivity index (χ1) is 9.08. The van der Waals surface area contributed by atoms with Crippen LogP contribution in [0.3, 0.4) is 0 Å². The van der Waals surface area contributed by atoms with Crippen LogP contribution >= 0.6 is 15.9 Å². The van der Waals surface area contributed by atoms with Crippen molar-refractivity contribution in [2.75, 3.05) is 0 Å². The van der Waals surface area contributed by atoms with E-state index in [4.69, 9.17) is 0 Å². The molecule has 0 aromatic heterocycles. The van der Waals surface area contributed by atoms with E-state index in [9.17, 15) is 0 Å². The van der Waals surface area contributed by atoms with Gasteiger partial charge in [-0.1, -0.05) is 53.2 Å². The number of rotatable bonds is 1. The molecule has 0 saturated heterocycles. The molecule has 19 heavy (non-hydrogen) atoms. The van der Waals surface area contributed by atoms with Crippen LogP contribution < -0.4 is 0 Å². The summed E-state index contributed by atoms with van der Waals surface area (Å²) in [4.78, 5) is 0. The van der Waals surface area contributed by atoms with Crippen molar-refractivity contribution in [2.24, 2.45) is 0 Å². The highest BCUT2D eigenvalue weighted by atomic mass is 79.9. The first kappa shape index (κ1) is 12.7.